The van der Waals surface area contributed by atoms with Crippen molar-refractivity contribution in [1.82, 2.24) is 10.6 Å². The van der Waals surface area contributed by atoms with Gasteiger partial charge in [-0.05, 0) is 72.7 Å². The van der Waals surface area contributed by atoms with Crippen molar-refractivity contribution in [2.45, 2.75) is 45.6 Å². The number of anilines is 1. The fourth-order valence-electron chi connectivity index (χ4n) is 4.48. The molecule has 3 atom stereocenters. The molecule has 0 radical (unpaired) electrons. The summed E-state index contributed by atoms with van der Waals surface area (Å²) in [5, 5.41) is 8.51. The number of methoxy groups -OCH3 is 1. The number of benzene rings is 3. The summed E-state index contributed by atoms with van der Waals surface area (Å²) in [5.74, 6) is 0.367. The van der Waals surface area contributed by atoms with Crippen LogP contribution in [0.4, 0.5) is 5.69 Å². The first-order valence-corrected chi connectivity index (χ1v) is 13.4. The maximum atomic E-state index is 13.0. The lowest BCUT2D eigenvalue weighted by atomic mass is 9.91. The fraction of sp³-hybridized carbons (Fsp3) is 0.344. The second-order valence-corrected chi connectivity index (χ2v) is 10.0. The van der Waals surface area contributed by atoms with E-state index in [4.69, 9.17) is 4.74 Å². The maximum Gasteiger partial charge on any atom is 0.255 e. The van der Waals surface area contributed by atoms with Gasteiger partial charge in [0.25, 0.3) is 5.91 Å². The molecule has 0 aromatic heterocycles. The minimum absolute atomic E-state index is 0.123. The molecule has 0 saturated heterocycles. The van der Waals surface area contributed by atoms with Crippen LogP contribution in [0.1, 0.15) is 48.2 Å². The molecule has 0 aliphatic rings. The van der Waals surface area contributed by atoms with E-state index in [9.17, 15) is 14.4 Å². The van der Waals surface area contributed by atoms with Crippen LogP contribution in [0.2, 0.25) is 0 Å². The molecule has 39 heavy (non-hydrogen) atoms. The number of ether oxygens (including phenoxy) is 1. The number of likely N-dealkylation sites (N-methyl/N-ethyl adjacent to an activating group) is 1. The number of aryl methyl sites for hydroxylation is 1. The molecule has 0 aliphatic carbocycles. The first-order chi connectivity index (χ1) is 18.8. The highest BCUT2D eigenvalue weighted by molar-refractivity contribution is 6.04. The second kappa shape index (κ2) is 14.7. The number of hydrogen-bond donors (Lipinski definition) is 3. The molecule has 206 valence electrons. The topological polar surface area (TPSA) is 96.5 Å². The number of amides is 3. The van der Waals surface area contributed by atoms with Gasteiger partial charge in [-0.15, -0.1) is 0 Å². The van der Waals surface area contributed by atoms with Gasteiger partial charge >= 0.3 is 0 Å². The van der Waals surface area contributed by atoms with Crippen LogP contribution in [0.3, 0.4) is 0 Å². The zero-order chi connectivity index (χ0) is 28.2. The predicted octanol–water partition coefficient (Wildman–Crippen LogP) is 5.02. The fourth-order valence-corrected chi connectivity index (χ4v) is 4.48. The van der Waals surface area contributed by atoms with Crippen molar-refractivity contribution in [2.24, 2.45) is 11.8 Å². The molecule has 0 saturated carbocycles. The molecule has 3 aromatic carbocycles. The molecule has 0 bridgehead atoms. The molecule has 7 nitrogen and oxygen atoms in total. The average molecular weight is 530 g/mol. The van der Waals surface area contributed by atoms with Crippen LogP contribution in [0.25, 0.3) is 0 Å². The summed E-state index contributed by atoms with van der Waals surface area (Å²) >= 11 is 0. The third-order valence-electron chi connectivity index (χ3n) is 6.86. The van der Waals surface area contributed by atoms with E-state index in [1.165, 1.54) is 5.56 Å². The lowest BCUT2D eigenvalue weighted by molar-refractivity contribution is -0.130. The minimum atomic E-state index is -0.644. The molecule has 3 unspecified atom stereocenters. The molecular weight excluding hydrogens is 490 g/mol. The zero-order valence-electron chi connectivity index (χ0n) is 23.2. The Hall–Kier alpha value is -4.13. The monoisotopic (exact) mass is 529 g/mol. The number of carbonyl (C=O) groups excluding carboxylic acids is 3. The van der Waals surface area contributed by atoms with Crippen LogP contribution in [0.5, 0.6) is 5.75 Å². The van der Waals surface area contributed by atoms with Gasteiger partial charge in [0.2, 0.25) is 11.8 Å². The van der Waals surface area contributed by atoms with E-state index < -0.39 is 6.04 Å². The molecule has 3 N–H and O–H groups in total. The van der Waals surface area contributed by atoms with Gasteiger partial charge in [-0.2, -0.15) is 0 Å². The van der Waals surface area contributed by atoms with Crippen LogP contribution in [0.15, 0.2) is 78.9 Å². The zero-order valence-corrected chi connectivity index (χ0v) is 23.2. The van der Waals surface area contributed by atoms with Gasteiger partial charge in [0, 0.05) is 30.6 Å². The van der Waals surface area contributed by atoms with E-state index in [-0.39, 0.29) is 23.6 Å². The lowest BCUT2D eigenvalue weighted by Gasteiger charge is -2.22. The van der Waals surface area contributed by atoms with E-state index in [0.717, 1.165) is 36.3 Å². The largest absolute Gasteiger partial charge is 0.497 e. The molecule has 0 heterocycles. The summed E-state index contributed by atoms with van der Waals surface area (Å²) in [6, 6.07) is 23.8. The quantitative estimate of drug-likeness (QED) is 0.290. The molecule has 0 fully saturated rings. The smallest absolute Gasteiger partial charge is 0.255 e. The van der Waals surface area contributed by atoms with Crippen LogP contribution < -0.4 is 20.7 Å². The molecule has 7 heteroatoms. The van der Waals surface area contributed by atoms with E-state index in [1.54, 1.807) is 26.3 Å². The second-order valence-electron chi connectivity index (χ2n) is 10.0. The van der Waals surface area contributed by atoms with Crippen molar-refractivity contribution in [2.75, 3.05) is 19.5 Å². The van der Waals surface area contributed by atoms with Crippen molar-refractivity contribution in [1.29, 1.82) is 0 Å². The molecular formula is C32H39N3O4. The van der Waals surface area contributed by atoms with Crippen molar-refractivity contribution < 1.29 is 19.1 Å². The Morgan fingerprint density at radius 3 is 2.08 bits per heavy atom. The molecule has 0 aliphatic heterocycles. The summed E-state index contributed by atoms with van der Waals surface area (Å²) in [5.41, 5.74) is 3.49. The Morgan fingerprint density at radius 2 is 1.46 bits per heavy atom. The van der Waals surface area contributed by atoms with E-state index in [1.807, 2.05) is 73.7 Å². The Balaban J connectivity index is 1.46. The van der Waals surface area contributed by atoms with Gasteiger partial charge in [0.05, 0.1) is 7.11 Å². The first kappa shape index (κ1) is 29.4. The third kappa shape index (κ3) is 9.28. The van der Waals surface area contributed by atoms with Gasteiger partial charge in [-0.3, -0.25) is 14.4 Å². The van der Waals surface area contributed by atoms with Crippen molar-refractivity contribution >= 4 is 23.4 Å². The number of carbonyl (C=O) groups is 3. The Kier molecular flexibility index (Phi) is 11.1. The SMILES string of the molecule is CNC(=O)C(Cc1ccc(OC)cc1)NC(=O)C(C)CC(C)CCc1ccc(NC(=O)c2ccccc2)cc1. The van der Waals surface area contributed by atoms with Crippen LogP contribution in [0, 0.1) is 11.8 Å². The summed E-state index contributed by atoms with van der Waals surface area (Å²) in [4.78, 5) is 37.8. The Labute approximate surface area is 231 Å². The minimum Gasteiger partial charge on any atom is -0.497 e. The Morgan fingerprint density at radius 1 is 0.821 bits per heavy atom. The standard InChI is InChI=1S/C32H39N3O4/c1-22(10-11-24-12-16-27(17-13-24)34-31(37)26-8-6-5-7-9-26)20-23(2)30(36)35-29(32(38)33-3)21-25-14-18-28(39-4)19-15-25/h5-9,12-19,22-23,29H,10-11,20-21H2,1-4H3,(H,33,38)(H,34,37)(H,35,36). The van der Waals surface area contributed by atoms with Crippen molar-refractivity contribution in [3.05, 3.63) is 95.6 Å². The predicted molar refractivity (Wildman–Crippen MR) is 155 cm³/mol. The Bertz CT molecular complexity index is 1210. The normalized spacial score (nSPS) is 13.0. The molecule has 3 amide bonds. The number of hydrogen-bond acceptors (Lipinski definition) is 4. The highest BCUT2D eigenvalue weighted by atomic mass is 16.5. The van der Waals surface area contributed by atoms with Crippen LogP contribution in [-0.2, 0) is 22.4 Å². The highest BCUT2D eigenvalue weighted by Gasteiger charge is 2.24. The summed E-state index contributed by atoms with van der Waals surface area (Å²) in [6.07, 6.45) is 2.93. The van der Waals surface area contributed by atoms with Gasteiger partial charge in [0.1, 0.15) is 11.8 Å². The molecule has 3 rings (SSSR count). The van der Waals surface area contributed by atoms with E-state index in [0.29, 0.717) is 17.9 Å². The van der Waals surface area contributed by atoms with Gasteiger partial charge in [0.15, 0.2) is 0 Å². The molecule has 0 spiro atoms. The first-order valence-electron chi connectivity index (χ1n) is 13.4. The van der Waals surface area contributed by atoms with Crippen molar-refractivity contribution in [3.63, 3.8) is 0 Å². The summed E-state index contributed by atoms with van der Waals surface area (Å²) < 4.78 is 5.19. The lowest BCUT2D eigenvalue weighted by Crippen LogP contribution is -2.48. The maximum absolute atomic E-state index is 13.0. The molecule has 3 aromatic rings. The van der Waals surface area contributed by atoms with E-state index >= 15 is 0 Å². The van der Waals surface area contributed by atoms with Crippen LogP contribution in [-0.4, -0.2) is 37.9 Å². The number of nitrogens with one attached hydrogen (secondary N) is 3. The van der Waals surface area contributed by atoms with Gasteiger partial charge in [-0.25, -0.2) is 0 Å². The summed E-state index contributed by atoms with van der Waals surface area (Å²) in [7, 11) is 3.18. The number of rotatable bonds is 13. The average Bonchev–Trinajstić information content (AvgIpc) is 2.96. The van der Waals surface area contributed by atoms with Gasteiger partial charge in [-0.1, -0.05) is 56.3 Å². The van der Waals surface area contributed by atoms with Crippen LogP contribution >= 0.6 is 0 Å². The highest BCUT2D eigenvalue weighted by Crippen LogP contribution is 2.20. The third-order valence-corrected chi connectivity index (χ3v) is 6.86. The summed E-state index contributed by atoms with van der Waals surface area (Å²) in [6.45, 7) is 4.05. The van der Waals surface area contributed by atoms with Gasteiger partial charge < -0.3 is 20.7 Å². The van der Waals surface area contributed by atoms with E-state index in [2.05, 4.69) is 22.9 Å². The van der Waals surface area contributed by atoms with Crippen molar-refractivity contribution in [3.8, 4) is 5.75 Å².